The molecule has 2 fully saturated rings. The highest BCUT2D eigenvalue weighted by Crippen LogP contribution is 2.26. The molecule has 3 aliphatic heterocycles. The Morgan fingerprint density at radius 2 is 1.44 bits per heavy atom. The Labute approximate surface area is 198 Å². The molecule has 178 valence electrons. The Balaban J connectivity index is 1.16. The first-order chi connectivity index (χ1) is 16.3. The van der Waals surface area contributed by atoms with Gasteiger partial charge in [-0.25, -0.2) is 8.42 Å². The van der Waals surface area contributed by atoms with Crippen molar-refractivity contribution in [1.82, 2.24) is 19.4 Å². The molecular formula is C24H26N4O5S. The summed E-state index contributed by atoms with van der Waals surface area (Å²) in [5.41, 5.74) is 1.82. The second-order valence-electron chi connectivity index (χ2n) is 8.83. The number of piperazine rings is 1. The van der Waals surface area contributed by atoms with Crippen molar-refractivity contribution in [3.8, 4) is 0 Å². The third kappa shape index (κ3) is 4.13. The minimum absolute atomic E-state index is 0.0163. The molecule has 2 aromatic rings. The number of amides is 3. The van der Waals surface area contributed by atoms with Gasteiger partial charge in [-0.1, -0.05) is 24.3 Å². The van der Waals surface area contributed by atoms with Crippen LogP contribution in [-0.4, -0.2) is 86.1 Å². The van der Waals surface area contributed by atoms with E-state index < -0.39 is 10.0 Å². The summed E-state index contributed by atoms with van der Waals surface area (Å²) in [5, 5.41) is 2.80. The maximum absolute atomic E-state index is 13.1. The lowest BCUT2D eigenvalue weighted by Gasteiger charge is -2.34. The number of fused-ring (bicyclic) bond motifs is 1. The molecule has 5 rings (SSSR count). The van der Waals surface area contributed by atoms with E-state index in [1.54, 1.807) is 48.5 Å². The van der Waals surface area contributed by atoms with Crippen LogP contribution in [0.1, 0.15) is 38.6 Å². The van der Waals surface area contributed by atoms with E-state index >= 15 is 0 Å². The second kappa shape index (κ2) is 8.94. The number of sulfonamides is 1. The van der Waals surface area contributed by atoms with Crippen molar-refractivity contribution in [3.05, 3.63) is 65.2 Å². The normalized spacial score (nSPS) is 21.7. The molecule has 0 aromatic heterocycles. The maximum atomic E-state index is 13.1. The molecule has 34 heavy (non-hydrogen) atoms. The summed E-state index contributed by atoms with van der Waals surface area (Å²) in [4.78, 5) is 40.1. The van der Waals surface area contributed by atoms with E-state index in [4.69, 9.17) is 0 Å². The van der Waals surface area contributed by atoms with Crippen LogP contribution in [0.15, 0.2) is 53.4 Å². The quantitative estimate of drug-likeness (QED) is 0.613. The van der Waals surface area contributed by atoms with E-state index in [-0.39, 0.29) is 35.1 Å². The fourth-order valence-electron chi connectivity index (χ4n) is 4.78. The molecule has 3 heterocycles. The zero-order valence-corrected chi connectivity index (χ0v) is 19.5. The topological polar surface area (TPSA) is 107 Å². The van der Waals surface area contributed by atoms with E-state index in [9.17, 15) is 22.8 Å². The summed E-state index contributed by atoms with van der Waals surface area (Å²) in [5.74, 6) is -0.455. The van der Waals surface area contributed by atoms with Crippen LogP contribution in [0, 0.1) is 0 Å². The molecule has 0 saturated carbocycles. The number of benzene rings is 2. The highest BCUT2D eigenvalue weighted by Gasteiger charge is 2.35. The molecule has 3 aliphatic rings. The average Bonchev–Trinajstić information content (AvgIpc) is 3.39. The van der Waals surface area contributed by atoms with Gasteiger partial charge in [-0.2, -0.15) is 4.31 Å². The number of nitrogens with zero attached hydrogens (tertiary/aromatic N) is 3. The summed E-state index contributed by atoms with van der Waals surface area (Å²) in [6.45, 7) is 3.09. The Bertz CT molecular complexity index is 1200. The Morgan fingerprint density at radius 1 is 0.824 bits per heavy atom. The van der Waals surface area contributed by atoms with Gasteiger partial charge in [-0.3, -0.25) is 24.2 Å². The van der Waals surface area contributed by atoms with Crippen molar-refractivity contribution in [3.63, 3.8) is 0 Å². The standard InChI is InChI=1S/C24H26N4O5S/c29-22-15-18(16-25-22)17-5-7-19(8-6-17)34(32,33)27-12-9-26(10-13-27)11-14-28-23(30)20-3-1-2-4-21(20)24(28)31/h1-8,18H,9-16H2,(H,25,29)/t18-/m1/s1. The first-order valence-corrected chi connectivity index (χ1v) is 12.8. The molecule has 1 atom stereocenters. The molecule has 0 bridgehead atoms. The van der Waals surface area contributed by atoms with Crippen molar-refractivity contribution in [1.29, 1.82) is 0 Å². The number of rotatable bonds is 6. The summed E-state index contributed by atoms with van der Waals surface area (Å²) in [7, 11) is -3.62. The van der Waals surface area contributed by atoms with E-state index in [1.165, 1.54) is 9.21 Å². The number of hydrogen-bond acceptors (Lipinski definition) is 6. The van der Waals surface area contributed by atoms with E-state index in [0.29, 0.717) is 56.8 Å². The van der Waals surface area contributed by atoms with Crippen LogP contribution in [0.5, 0.6) is 0 Å². The zero-order valence-electron chi connectivity index (χ0n) is 18.6. The monoisotopic (exact) mass is 482 g/mol. The third-order valence-corrected chi connectivity index (χ3v) is 8.73. The molecule has 10 heteroatoms. The van der Waals surface area contributed by atoms with Gasteiger partial charge < -0.3 is 5.32 Å². The summed E-state index contributed by atoms with van der Waals surface area (Å²) in [6.07, 6.45) is 0.425. The minimum atomic E-state index is -3.62. The number of imide groups is 1. The van der Waals surface area contributed by atoms with Gasteiger partial charge >= 0.3 is 0 Å². The predicted octanol–water partition coefficient (Wildman–Crippen LogP) is 0.893. The smallest absolute Gasteiger partial charge is 0.261 e. The number of hydrogen-bond donors (Lipinski definition) is 1. The Morgan fingerprint density at radius 3 is 2.00 bits per heavy atom. The lowest BCUT2D eigenvalue weighted by atomic mass is 9.99. The molecule has 3 amide bonds. The zero-order chi connectivity index (χ0) is 23.9. The van der Waals surface area contributed by atoms with Gasteiger partial charge in [-0.15, -0.1) is 0 Å². The highest BCUT2D eigenvalue weighted by atomic mass is 32.2. The van der Waals surface area contributed by atoms with Crippen molar-refractivity contribution in [2.45, 2.75) is 17.2 Å². The number of nitrogens with one attached hydrogen (secondary N) is 1. The fraction of sp³-hybridized carbons (Fsp3) is 0.375. The van der Waals surface area contributed by atoms with Crippen molar-refractivity contribution in [2.75, 3.05) is 45.8 Å². The van der Waals surface area contributed by atoms with Crippen molar-refractivity contribution >= 4 is 27.7 Å². The summed E-state index contributed by atoms with van der Waals surface area (Å²) >= 11 is 0. The molecule has 0 radical (unpaired) electrons. The molecule has 0 spiro atoms. The van der Waals surface area contributed by atoms with Gasteiger partial charge in [0.1, 0.15) is 0 Å². The van der Waals surface area contributed by atoms with Crippen LogP contribution < -0.4 is 5.32 Å². The van der Waals surface area contributed by atoms with Crippen LogP contribution in [-0.2, 0) is 14.8 Å². The lowest BCUT2D eigenvalue weighted by Crippen LogP contribution is -2.50. The summed E-state index contributed by atoms with van der Waals surface area (Å²) in [6, 6.07) is 13.6. The van der Waals surface area contributed by atoms with Crippen LogP contribution >= 0.6 is 0 Å². The first kappa shape index (κ1) is 22.7. The van der Waals surface area contributed by atoms with Gasteiger partial charge in [0.15, 0.2) is 0 Å². The molecule has 2 saturated heterocycles. The second-order valence-corrected chi connectivity index (χ2v) is 10.8. The van der Waals surface area contributed by atoms with E-state index in [1.807, 2.05) is 0 Å². The summed E-state index contributed by atoms with van der Waals surface area (Å²) < 4.78 is 27.7. The number of carbonyl (C=O) groups excluding carboxylic acids is 3. The van der Waals surface area contributed by atoms with Gasteiger partial charge in [0.2, 0.25) is 15.9 Å². The molecule has 2 aromatic carbocycles. The van der Waals surface area contributed by atoms with Crippen LogP contribution in [0.3, 0.4) is 0 Å². The van der Waals surface area contributed by atoms with E-state index in [2.05, 4.69) is 10.2 Å². The lowest BCUT2D eigenvalue weighted by molar-refractivity contribution is -0.119. The first-order valence-electron chi connectivity index (χ1n) is 11.4. The minimum Gasteiger partial charge on any atom is -0.355 e. The molecule has 9 nitrogen and oxygen atoms in total. The van der Waals surface area contributed by atoms with Gasteiger partial charge in [0, 0.05) is 58.2 Å². The molecular weight excluding hydrogens is 456 g/mol. The highest BCUT2D eigenvalue weighted by molar-refractivity contribution is 7.89. The SMILES string of the molecule is O=C1C[C@@H](c2ccc(S(=O)(=O)N3CCN(CCN4C(=O)c5ccccc5C4=O)CC3)cc2)CN1. The van der Waals surface area contributed by atoms with Crippen LogP contribution in [0.25, 0.3) is 0 Å². The Hall–Kier alpha value is -3.08. The molecule has 0 aliphatic carbocycles. The molecule has 0 unspecified atom stereocenters. The average molecular weight is 483 g/mol. The van der Waals surface area contributed by atoms with Gasteiger partial charge in [-0.05, 0) is 29.8 Å². The van der Waals surface area contributed by atoms with Crippen LogP contribution in [0.4, 0.5) is 0 Å². The fourth-order valence-corrected chi connectivity index (χ4v) is 6.20. The van der Waals surface area contributed by atoms with Crippen molar-refractivity contribution < 1.29 is 22.8 Å². The van der Waals surface area contributed by atoms with Crippen LogP contribution in [0.2, 0.25) is 0 Å². The van der Waals surface area contributed by atoms with Crippen molar-refractivity contribution in [2.24, 2.45) is 0 Å². The maximum Gasteiger partial charge on any atom is 0.261 e. The third-order valence-electron chi connectivity index (χ3n) is 6.82. The van der Waals surface area contributed by atoms with Gasteiger partial charge in [0.25, 0.3) is 11.8 Å². The predicted molar refractivity (Wildman–Crippen MR) is 124 cm³/mol. The number of carbonyl (C=O) groups is 3. The van der Waals surface area contributed by atoms with Gasteiger partial charge in [0.05, 0.1) is 16.0 Å². The largest absolute Gasteiger partial charge is 0.355 e. The van der Waals surface area contributed by atoms with E-state index in [0.717, 1.165) is 5.56 Å². The Kier molecular flexibility index (Phi) is 5.97. The molecule has 1 N–H and O–H groups in total.